The zero-order chi connectivity index (χ0) is 12.3. The van der Waals surface area contributed by atoms with Gasteiger partial charge in [-0.1, -0.05) is 0 Å². The van der Waals surface area contributed by atoms with Crippen LogP contribution < -0.4 is 5.73 Å². The van der Waals surface area contributed by atoms with E-state index in [2.05, 4.69) is 0 Å². The van der Waals surface area contributed by atoms with Crippen molar-refractivity contribution in [3.8, 4) is 0 Å². The fraction of sp³-hybridized carbons (Fsp3) is 0.455. The average molecular weight is 238 g/mol. The van der Waals surface area contributed by atoms with Crippen LogP contribution in [0.25, 0.3) is 0 Å². The molecule has 0 amide bonds. The number of anilines is 1. The molecule has 0 spiro atoms. The summed E-state index contributed by atoms with van der Waals surface area (Å²) in [5.41, 5.74) is 6.92. The van der Waals surface area contributed by atoms with Crippen LogP contribution in [-0.2, 0) is 16.1 Å². The van der Waals surface area contributed by atoms with Crippen LogP contribution in [-0.4, -0.2) is 24.2 Å². The van der Waals surface area contributed by atoms with Gasteiger partial charge in [0.25, 0.3) is 5.69 Å². The monoisotopic (exact) mass is 238 g/mol. The van der Waals surface area contributed by atoms with Crippen LogP contribution in [0.5, 0.6) is 0 Å². The molecule has 1 heterocycles. The molecule has 0 radical (unpaired) electrons. The van der Waals surface area contributed by atoms with Crippen molar-refractivity contribution in [2.24, 2.45) is 0 Å². The molecule has 0 aliphatic carbocycles. The normalized spacial score (nSPS) is 19.4. The Kier molecular flexibility index (Phi) is 3.55. The Balaban J connectivity index is 2.03. The maximum atomic E-state index is 10.6. The van der Waals surface area contributed by atoms with E-state index < -0.39 is 4.92 Å². The van der Waals surface area contributed by atoms with Crippen LogP contribution in [0.15, 0.2) is 18.2 Å². The molecule has 17 heavy (non-hydrogen) atoms. The van der Waals surface area contributed by atoms with Crippen molar-refractivity contribution in [1.29, 1.82) is 0 Å². The van der Waals surface area contributed by atoms with Gasteiger partial charge < -0.3 is 15.2 Å². The van der Waals surface area contributed by atoms with Crippen molar-refractivity contribution < 1.29 is 14.4 Å². The Morgan fingerprint density at radius 1 is 1.59 bits per heavy atom. The highest BCUT2D eigenvalue weighted by atomic mass is 16.6. The highest BCUT2D eigenvalue weighted by Crippen LogP contribution is 2.21. The summed E-state index contributed by atoms with van der Waals surface area (Å²) in [6, 6.07) is 4.37. The third-order valence-corrected chi connectivity index (χ3v) is 2.70. The van der Waals surface area contributed by atoms with Crippen LogP contribution in [0.4, 0.5) is 11.4 Å². The number of nitrogens with two attached hydrogens (primary N) is 1. The average Bonchev–Trinajstić information content (AvgIpc) is 2.80. The molecule has 1 aliphatic rings. The number of rotatable bonds is 4. The van der Waals surface area contributed by atoms with E-state index in [0.717, 1.165) is 6.42 Å². The number of nitro benzene ring substituents is 1. The molecular formula is C11H14N2O4. The highest BCUT2D eigenvalue weighted by Gasteiger charge is 2.17. The number of nitro groups is 1. The number of ether oxygens (including phenoxy) is 2. The first-order valence-electron chi connectivity index (χ1n) is 5.39. The van der Waals surface area contributed by atoms with Gasteiger partial charge in [-0.3, -0.25) is 10.1 Å². The summed E-state index contributed by atoms with van der Waals surface area (Å²) in [5, 5.41) is 10.6. The summed E-state index contributed by atoms with van der Waals surface area (Å²) in [4.78, 5) is 10.2. The number of hydrogen-bond donors (Lipinski definition) is 1. The Hall–Kier alpha value is -1.66. The molecule has 1 unspecified atom stereocenters. The third-order valence-electron chi connectivity index (χ3n) is 2.70. The molecule has 6 heteroatoms. The van der Waals surface area contributed by atoms with E-state index in [4.69, 9.17) is 15.2 Å². The van der Waals surface area contributed by atoms with Gasteiger partial charge in [-0.05, 0) is 12.5 Å². The predicted molar refractivity (Wildman–Crippen MR) is 61.5 cm³/mol. The lowest BCUT2D eigenvalue weighted by Crippen LogP contribution is -2.12. The van der Waals surface area contributed by atoms with Crippen LogP contribution in [0, 0.1) is 10.1 Å². The van der Waals surface area contributed by atoms with Crippen molar-refractivity contribution in [1.82, 2.24) is 0 Å². The van der Waals surface area contributed by atoms with E-state index in [1.165, 1.54) is 18.2 Å². The summed E-state index contributed by atoms with van der Waals surface area (Å²) >= 11 is 0. The van der Waals surface area contributed by atoms with Crippen LogP contribution in [0.1, 0.15) is 12.0 Å². The van der Waals surface area contributed by atoms with Crippen molar-refractivity contribution in [2.45, 2.75) is 19.1 Å². The fourth-order valence-corrected chi connectivity index (χ4v) is 1.68. The first-order chi connectivity index (χ1) is 8.16. The second kappa shape index (κ2) is 5.11. The van der Waals surface area contributed by atoms with E-state index in [1.807, 2.05) is 0 Å². The molecule has 1 aromatic carbocycles. The summed E-state index contributed by atoms with van der Waals surface area (Å²) in [5.74, 6) is 0. The number of nitrogen functional groups attached to an aromatic ring is 1. The minimum Gasteiger partial charge on any atom is -0.398 e. The van der Waals surface area contributed by atoms with Gasteiger partial charge in [-0.15, -0.1) is 0 Å². The smallest absolute Gasteiger partial charge is 0.269 e. The van der Waals surface area contributed by atoms with Crippen molar-refractivity contribution in [2.75, 3.05) is 18.9 Å². The molecule has 0 aromatic heterocycles. The molecule has 0 bridgehead atoms. The standard InChI is InChI=1S/C11H14N2O4/c12-11-2-1-9(13(14)15)5-8(11)6-17-10-3-4-16-7-10/h1-2,5,10H,3-4,6-7,12H2. The Bertz CT molecular complexity index is 416. The third kappa shape index (κ3) is 2.92. The molecule has 1 atom stereocenters. The van der Waals surface area contributed by atoms with Gasteiger partial charge in [0.1, 0.15) is 0 Å². The molecule has 0 saturated carbocycles. The number of benzene rings is 1. The number of non-ortho nitro benzene ring substituents is 1. The molecule has 1 saturated heterocycles. The lowest BCUT2D eigenvalue weighted by atomic mass is 10.1. The summed E-state index contributed by atoms with van der Waals surface area (Å²) in [6.45, 7) is 1.56. The number of nitrogens with zero attached hydrogens (tertiary/aromatic N) is 1. The van der Waals surface area contributed by atoms with E-state index in [-0.39, 0.29) is 18.4 Å². The van der Waals surface area contributed by atoms with Gasteiger partial charge in [0.2, 0.25) is 0 Å². The molecule has 1 aromatic rings. The van der Waals surface area contributed by atoms with E-state index in [0.29, 0.717) is 24.5 Å². The zero-order valence-electron chi connectivity index (χ0n) is 9.30. The van der Waals surface area contributed by atoms with Crippen molar-refractivity contribution in [3.05, 3.63) is 33.9 Å². The Morgan fingerprint density at radius 2 is 2.41 bits per heavy atom. The first kappa shape index (κ1) is 11.8. The lowest BCUT2D eigenvalue weighted by molar-refractivity contribution is -0.384. The molecule has 2 rings (SSSR count). The predicted octanol–water partition coefficient (Wildman–Crippen LogP) is 1.48. The van der Waals surface area contributed by atoms with E-state index in [1.54, 1.807) is 0 Å². The molecule has 6 nitrogen and oxygen atoms in total. The van der Waals surface area contributed by atoms with Gasteiger partial charge >= 0.3 is 0 Å². The topological polar surface area (TPSA) is 87.6 Å². The molecular weight excluding hydrogens is 224 g/mol. The first-order valence-corrected chi connectivity index (χ1v) is 5.39. The van der Waals surface area contributed by atoms with Crippen molar-refractivity contribution in [3.63, 3.8) is 0 Å². The van der Waals surface area contributed by atoms with Gasteiger partial charge in [-0.25, -0.2) is 0 Å². The zero-order valence-corrected chi connectivity index (χ0v) is 9.30. The van der Waals surface area contributed by atoms with Gasteiger partial charge in [0.15, 0.2) is 0 Å². The van der Waals surface area contributed by atoms with Gasteiger partial charge in [-0.2, -0.15) is 0 Å². The van der Waals surface area contributed by atoms with Crippen LogP contribution in [0.3, 0.4) is 0 Å². The lowest BCUT2D eigenvalue weighted by Gasteiger charge is -2.11. The number of hydrogen-bond acceptors (Lipinski definition) is 5. The quantitative estimate of drug-likeness (QED) is 0.487. The Labute approximate surface area is 98.5 Å². The largest absolute Gasteiger partial charge is 0.398 e. The molecule has 1 fully saturated rings. The molecule has 1 aliphatic heterocycles. The van der Waals surface area contributed by atoms with Crippen molar-refractivity contribution >= 4 is 11.4 Å². The van der Waals surface area contributed by atoms with Gasteiger partial charge in [0, 0.05) is 30.0 Å². The van der Waals surface area contributed by atoms with E-state index in [9.17, 15) is 10.1 Å². The van der Waals surface area contributed by atoms with Gasteiger partial charge in [0.05, 0.1) is 24.2 Å². The maximum Gasteiger partial charge on any atom is 0.269 e. The summed E-state index contributed by atoms with van der Waals surface area (Å²) in [6.07, 6.45) is 0.920. The summed E-state index contributed by atoms with van der Waals surface area (Å²) < 4.78 is 10.8. The second-order valence-corrected chi connectivity index (χ2v) is 3.94. The summed E-state index contributed by atoms with van der Waals surface area (Å²) in [7, 11) is 0. The maximum absolute atomic E-state index is 10.6. The Morgan fingerprint density at radius 3 is 3.06 bits per heavy atom. The minimum absolute atomic E-state index is 0.0282. The molecule has 92 valence electrons. The fourth-order valence-electron chi connectivity index (χ4n) is 1.68. The SMILES string of the molecule is Nc1ccc([N+](=O)[O-])cc1COC1CCOC1. The van der Waals surface area contributed by atoms with Crippen LogP contribution >= 0.6 is 0 Å². The van der Waals surface area contributed by atoms with Crippen LogP contribution in [0.2, 0.25) is 0 Å². The minimum atomic E-state index is -0.443. The second-order valence-electron chi connectivity index (χ2n) is 3.94. The highest BCUT2D eigenvalue weighted by molar-refractivity contribution is 5.52. The molecule has 2 N–H and O–H groups in total. The van der Waals surface area contributed by atoms with E-state index >= 15 is 0 Å².